The Morgan fingerprint density at radius 3 is 2.67 bits per heavy atom. The minimum absolute atomic E-state index is 0. The third-order valence-electron chi connectivity index (χ3n) is 2.32. The van der Waals surface area contributed by atoms with E-state index in [4.69, 9.17) is 5.26 Å². The standard InChI is InChI=1S/C12H9N3OS.K.H/c1-8(9-5-3-2-4-6-9)10-11(16)15-12(17-10)14-7-13;;/h2-6H,1H3,(H,14,15,16);;/b10-8+;;. The SMILES string of the molecule is C/C(=C1\S/C(=N/C#N)NC1=O)c1ccccc1.[KH]. The molecule has 0 aliphatic carbocycles. The third kappa shape index (κ3) is 3.54. The zero-order valence-electron chi connectivity index (χ0n) is 9.10. The second kappa shape index (κ2) is 7.24. The molecule has 86 valence electrons. The maximum atomic E-state index is 11.7. The van der Waals surface area contributed by atoms with Gasteiger partial charge in [0.25, 0.3) is 5.91 Å². The Morgan fingerprint density at radius 1 is 1.39 bits per heavy atom. The van der Waals surface area contributed by atoms with Crippen LogP contribution in [-0.4, -0.2) is 62.5 Å². The number of amides is 1. The van der Waals surface area contributed by atoms with Crippen molar-refractivity contribution in [3.63, 3.8) is 0 Å². The van der Waals surface area contributed by atoms with Crippen LogP contribution in [0.1, 0.15) is 12.5 Å². The molecule has 0 atom stereocenters. The number of nitrogens with zero attached hydrogens (tertiary/aromatic N) is 2. The second-order valence-electron chi connectivity index (χ2n) is 3.39. The van der Waals surface area contributed by atoms with Crippen LogP contribution >= 0.6 is 11.8 Å². The van der Waals surface area contributed by atoms with E-state index >= 15 is 0 Å². The van der Waals surface area contributed by atoms with Crippen LogP contribution in [0.15, 0.2) is 40.2 Å². The van der Waals surface area contributed by atoms with Gasteiger partial charge in [-0.25, -0.2) is 0 Å². The van der Waals surface area contributed by atoms with Crippen molar-refractivity contribution in [2.75, 3.05) is 0 Å². The number of nitriles is 1. The molecule has 18 heavy (non-hydrogen) atoms. The van der Waals surface area contributed by atoms with Gasteiger partial charge in [-0.15, -0.1) is 4.99 Å². The summed E-state index contributed by atoms with van der Waals surface area (Å²) in [6.07, 6.45) is 1.66. The average Bonchev–Trinajstić information content (AvgIpc) is 2.71. The summed E-state index contributed by atoms with van der Waals surface area (Å²) in [7, 11) is 0. The van der Waals surface area contributed by atoms with Crippen molar-refractivity contribution < 1.29 is 4.79 Å². The number of benzene rings is 1. The van der Waals surface area contributed by atoms with Gasteiger partial charge in [-0.05, 0) is 29.8 Å². The molecule has 1 heterocycles. The monoisotopic (exact) mass is 283 g/mol. The molecule has 1 aliphatic heterocycles. The molecule has 6 heteroatoms. The first-order chi connectivity index (χ1) is 8.22. The fourth-order valence-corrected chi connectivity index (χ4v) is 2.32. The van der Waals surface area contributed by atoms with Crippen molar-refractivity contribution in [1.82, 2.24) is 5.32 Å². The predicted molar refractivity (Wildman–Crippen MR) is 75.0 cm³/mol. The zero-order valence-corrected chi connectivity index (χ0v) is 9.91. The fourth-order valence-electron chi connectivity index (χ4n) is 1.48. The van der Waals surface area contributed by atoms with Crippen LogP contribution < -0.4 is 5.32 Å². The van der Waals surface area contributed by atoms with Gasteiger partial charge in [-0.3, -0.25) is 10.1 Å². The summed E-state index contributed by atoms with van der Waals surface area (Å²) in [6, 6.07) is 9.64. The molecule has 1 N–H and O–H groups in total. The van der Waals surface area contributed by atoms with Gasteiger partial charge in [0.2, 0.25) is 6.19 Å². The number of thioether (sulfide) groups is 1. The van der Waals surface area contributed by atoms with Crippen molar-refractivity contribution in [3.05, 3.63) is 40.8 Å². The Balaban J connectivity index is 0.00000162. The van der Waals surface area contributed by atoms with E-state index in [1.165, 1.54) is 11.8 Å². The molecule has 1 aromatic rings. The van der Waals surface area contributed by atoms with Gasteiger partial charge in [0.15, 0.2) is 5.17 Å². The Morgan fingerprint density at radius 2 is 2.06 bits per heavy atom. The van der Waals surface area contributed by atoms with Gasteiger partial charge in [-0.1, -0.05) is 30.3 Å². The molecule has 1 amide bonds. The van der Waals surface area contributed by atoms with E-state index in [1.807, 2.05) is 37.3 Å². The molecule has 1 fully saturated rings. The Hall–Kier alpha value is -0.424. The summed E-state index contributed by atoms with van der Waals surface area (Å²) in [5.74, 6) is -0.203. The Kier molecular flexibility index (Phi) is 6.28. The fraction of sp³-hybridized carbons (Fsp3) is 0.0833. The number of hydrogen-bond acceptors (Lipinski definition) is 4. The third-order valence-corrected chi connectivity index (χ3v) is 3.41. The van der Waals surface area contributed by atoms with Crippen molar-refractivity contribution in [2.24, 2.45) is 4.99 Å². The summed E-state index contributed by atoms with van der Waals surface area (Å²) in [4.78, 5) is 15.8. The van der Waals surface area contributed by atoms with Crippen LogP contribution in [0.4, 0.5) is 0 Å². The summed E-state index contributed by atoms with van der Waals surface area (Å²) in [5.41, 5.74) is 1.87. The second-order valence-corrected chi connectivity index (χ2v) is 4.39. The Bertz CT molecular complexity index is 560. The molecular formula is C12H10KN3OS. The van der Waals surface area contributed by atoms with Gasteiger partial charge in [0.05, 0.1) is 4.91 Å². The molecule has 0 saturated carbocycles. The molecule has 4 nitrogen and oxygen atoms in total. The van der Waals surface area contributed by atoms with Gasteiger partial charge in [0, 0.05) is 0 Å². The number of rotatable bonds is 1. The van der Waals surface area contributed by atoms with Crippen LogP contribution in [0.5, 0.6) is 0 Å². The molecule has 0 spiro atoms. The van der Waals surface area contributed by atoms with E-state index in [2.05, 4.69) is 10.3 Å². The Labute approximate surface area is 152 Å². The van der Waals surface area contributed by atoms with Crippen LogP contribution in [0, 0.1) is 11.5 Å². The molecule has 1 aliphatic rings. The topological polar surface area (TPSA) is 65.2 Å². The molecule has 2 rings (SSSR count). The molecule has 1 saturated heterocycles. The van der Waals surface area contributed by atoms with E-state index in [1.54, 1.807) is 6.19 Å². The first-order valence-corrected chi connectivity index (χ1v) is 5.76. The van der Waals surface area contributed by atoms with Crippen LogP contribution in [0.3, 0.4) is 0 Å². The number of hydrogen-bond donors (Lipinski definition) is 1. The number of allylic oxidation sites excluding steroid dienone is 1. The first-order valence-electron chi connectivity index (χ1n) is 4.94. The first kappa shape index (κ1) is 15.6. The normalized spacial score (nSPS) is 18.9. The molecule has 0 aromatic heterocycles. The molecule has 0 unspecified atom stereocenters. The molecule has 0 radical (unpaired) electrons. The van der Waals surface area contributed by atoms with Gasteiger partial charge < -0.3 is 0 Å². The molecule has 1 aromatic carbocycles. The van der Waals surface area contributed by atoms with Gasteiger partial charge >= 0.3 is 51.4 Å². The van der Waals surface area contributed by atoms with Gasteiger partial charge in [0.1, 0.15) is 0 Å². The number of nitrogens with one attached hydrogen (secondary N) is 1. The number of carbonyl (C=O) groups excluding carboxylic acids is 1. The van der Waals surface area contributed by atoms with Crippen LogP contribution in [-0.2, 0) is 4.79 Å². The minimum atomic E-state index is -0.203. The van der Waals surface area contributed by atoms with E-state index < -0.39 is 0 Å². The summed E-state index contributed by atoms with van der Waals surface area (Å²) in [6.45, 7) is 1.88. The number of amidine groups is 1. The predicted octanol–water partition coefficient (Wildman–Crippen LogP) is 1.47. The number of aliphatic imine (C=N–C) groups is 1. The summed E-state index contributed by atoms with van der Waals surface area (Å²) in [5, 5.41) is 11.3. The summed E-state index contributed by atoms with van der Waals surface area (Å²) < 4.78 is 0. The van der Waals surface area contributed by atoms with Gasteiger partial charge in [-0.2, -0.15) is 5.26 Å². The van der Waals surface area contributed by atoms with E-state index in [0.717, 1.165) is 11.1 Å². The van der Waals surface area contributed by atoms with Crippen molar-refractivity contribution >= 4 is 79.8 Å². The number of carbonyl (C=O) groups is 1. The van der Waals surface area contributed by atoms with E-state index in [9.17, 15) is 4.79 Å². The zero-order chi connectivity index (χ0) is 12.3. The summed E-state index contributed by atoms with van der Waals surface area (Å²) >= 11 is 1.19. The van der Waals surface area contributed by atoms with E-state index in [0.29, 0.717) is 10.1 Å². The average molecular weight is 283 g/mol. The van der Waals surface area contributed by atoms with Crippen molar-refractivity contribution in [2.45, 2.75) is 6.92 Å². The molecule has 0 bridgehead atoms. The van der Waals surface area contributed by atoms with Crippen molar-refractivity contribution in [3.8, 4) is 6.19 Å². The quantitative estimate of drug-likeness (QED) is 0.482. The van der Waals surface area contributed by atoms with Crippen LogP contribution in [0.25, 0.3) is 5.57 Å². The van der Waals surface area contributed by atoms with Crippen molar-refractivity contribution in [1.29, 1.82) is 5.26 Å². The van der Waals surface area contributed by atoms with Crippen LogP contribution in [0.2, 0.25) is 0 Å². The van der Waals surface area contributed by atoms with E-state index in [-0.39, 0.29) is 57.3 Å². The molecular weight excluding hydrogens is 273 g/mol. The maximum absolute atomic E-state index is 11.7.